The fourth-order valence-electron chi connectivity index (χ4n) is 2.36. The van der Waals surface area contributed by atoms with Gasteiger partial charge in [-0.3, -0.25) is 4.79 Å². The molecule has 118 valence electrons. The second-order valence-corrected chi connectivity index (χ2v) is 8.11. The van der Waals surface area contributed by atoms with Crippen molar-refractivity contribution in [3.05, 3.63) is 55.7 Å². The summed E-state index contributed by atoms with van der Waals surface area (Å²) in [6.07, 6.45) is 0. The molecule has 0 radical (unpaired) electrons. The zero-order valence-corrected chi connectivity index (χ0v) is 15.4. The lowest BCUT2D eigenvalue weighted by Gasteiger charge is -2.30. The van der Waals surface area contributed by atoms with E-state index in [1.807, 2.05) is 27.0 Å². The summed E-state index contributed by atoms with van der Waals surface area (Å²) >= 11 is 13.7. The summed E-state index contributed by atoms with van der Waals surface area (Å²) in [6.45, 7) is 6.49. The summed E-state index contributed by atoms with van der Waals surface area (Å²) in [5, 5.41) is 0.965. The largest absolute Gasteiger partial charge is 0.340 e. The number of benzene rings is 1. The van der Waals surface area contributed by atoms with E-state index in [1.54, 1.807) is 28.4 Å². The Kier molecular flexibility index (Phi) is 5.21. The normalized spacial score (nSPS) is 11.5. The van der Waals surface area contributed by atoms with Gasteiger partial charge in [0.15, 0.2) is 0 Å². The molecule has 0 saturated heterocycles. The number of nitrogens with zero attached hydrogens (tertiary/aromatic N) is 1. The van der Waals surface area contributed by atoms with Crippen molar-refractivity contribution in [2.75, 3.05) is 7.05 Å². The molecule has 0 atom stereocenters. The lowest BCUT2D eigenvalue weighted by molar-refractivity contribution is -0.135. The molecule has 1 aromatic heterocycles. The summed E-state index contributed by atoms with van der Waals surface area (Å²) in [5.74, 6) is 0.0527. The number of rotatable bonds is 4. The molecule has 1 amide bonds. The van der Waals surface area contributed by atoms with Crippen molar-refractivity contribution in [3.8, 4) is 0 Å². The lowest BCUT2D eigenvalue weighted by atomic mass is 9.83. The van der Waals surface area contributed by atoms with Crippen LogP contribution < -0.4 is 0 Å². The molecule has 22 heavy (non-hydrogen) atoms. The first-order valence-corrected chi connectivity index (χ1v) is 8.55. The number of hydrogen-bond acceptors (Lipinski definition) is 2. The van der Waals surface area contributed by atoms with Gasteiger partial charge in [0.05, 0.1) is 22.0 Å². The molecule has 1 aromatic carbocycles. The molecule has 1 heterocycles. The zero-order valence-electron chi connectivity index (χ0n) is 13.1. The Hall–Kier alpha value is -1.03. The number of halogens is 2. The topological polar surface area (TPSA) is 20.3 Å². The molecular formula is C17H19Cl2NOS. The zero-order chi connectivity index (χ0) is 16.5. The van der Waals surface area contributed by atoms with Crippen LogP contribution in [0.5, 0.6) is 0 Å². The minimum Gasteiger partial charge on any atom is -0.340 e. The lowest BCUT2D eigenvalue weighted by Crippen LogP contribution is -2.40. The van der Waals surface area contributed by atoms with Gasteiger partial charge < -0.3 is 4.90 Å². The molecule has 0 spiro atoms. The summed E-state index contributed by atoms with van der Waals surface area (Å²) in [4.78, 5) is 17.0. The Labute approximate surface area is 145 Å². The van der Waals surface area contributed by atoms with E-state index in [0.29, 0.717) is 16.6 Å². The maximum atomic E-state index is 12.8. The first kappa shape index (κ1) is 17.3. The summed E-state index contributed by atoms with van der Waals surface area (Å²) in [6, 6.07) is 9.50. The fourth-order valence-corrected chi connectivity index (χ4v) is 3.60. The molecule has 0 fully saturated rings. The van der Waals surface area contributed by atoms with Crippen LogP contribution in [0.1, 0.15) is 29.2 Å². The SMILES string of the molecule is Cc1ccc(CN(C)C(=O)C(C)(C)c2ccc(Cl)c(Cl)c2)s1. The average Bonchev–Trinajstić information content (AvgIpc) is 2.86. The third-order valence-electron chi connectivity index (χ3n) is 3.71. The summed E-state index contributed by atoms with van der Waals surface area (Å²) in [5.41, 5.74) is 0.205. The van der Waals surface area contributed by atoms with Crippen LogP contribution in [0.2, 0.25) is 10.0 Å². The molecule has 2 nitrogen and oxygen atoms in total. The van der Waals surface area contributed by atoms with Gasteiger partial charge in [-0.1, -0.05) is 29.3 Å². The molecule has 0 bridgehead atoms. The van der Waals surface area contributed by atoms with Crippen molar-refractivity contribution in [2.45, 2.75) is 32.7 Å². The fraction of sp³-hybridized carbons (Fsp3) is 0.353. The van der Waals surface area contributed by atoms with Crippen molar-refractivity contribution in [2.24, 2.45) is 0 Å². The molecule has 0 aliphatic carbocycles. The van der Waals surface area contributed by atoms with E-state index in [-0.39, 0.29) is 5.91 Å². The summed E-state index contributed by atoms with van der Waals surface area (Å²) < 4.78 is 0. The van der Waals surface area contributed by atoms with E-state index >= 15 is 0 Å². The van der Waals surface area contributed by atoms with Gasteiger partial charge in [0, 0.05) is 16.8 Å². The summed E-state index contributed by atoms with van der Waals surface area (Å²) in [7, 11) is 1.83. The van der Waals surface area contributed by atoms with Crippen LogP contribution >= 0.6 is 34.5 Å². The number of carbonyl (C=O) groups excluding carboxylic acids is 1. The number of likely N-dealkylation sites (N-methyl/N-ethyl adjacent to an activating group) is 1. The van der Waals surface area contributed by atoms with E-state index in [1.165, 1.54) is 9.75 Å². The van der Waals surface area contributed by atoms with Crippen molar-refractivity contribution in [1.82, 2.24) is 4.90 Å². The maximum Gasteiger partial charge on any atom is 0.232 e. The average molecular weight is 356 g/mol. The highest BCUT2D eigenvalue weighted by Crippen LogP contribution is 2.31. The highest BCUT2D eigenvalue weighted by atomic mass is 35.5. The van der Waals surface area contributed by atoms with Crippen molar-refractivity contribution < 1.29 is 4.79 Å². The standard InChI is InChI=1S/C17H19Cl2NOS/c1-11-5-7-13(22-11)10-20(4)16(21)17(2,3)12-6-8-14(18)15(19)9-12/h5-9H,10H2,1-4H3. The van der Waals surface area contributed by atoms with Crippen LogP contribution in [0, 0.1) is 6.92 Å². The van der Waals surface area contributed by atoms with Gasteiger partial charge in [-0.05, 0) is 50.6 Å². The monoisotopic (exact) mass is 355 g/mol. The molecule has 0 aliphatic heterocycles. The molecule has 0 unspecified atom stereocenters. The Morgan fingerprint density at radius 2 is 1.86 bits per heavy atom. The highest BCUT2D eigenvalue weighted by Gasteiger charge is 2.32. The van der Waals surface area contributed by atoms with Gasteiger partial charge in [0.25, 0.3) is 0 Å². The minimum absolute atomic E-state index is 0.0527. The van der Waals surface area contributed by atoms with Crippen molar-refractivity contribution >= 4 is 40.4 Å². The first-order chi connectivity index (χ1) is 10.2. The Morgan fingerprint density at radius 1 is 1.18 bits per heavy atom. The second kappa shape index (κ2) is 6.61. The van der Waals surface area contributed by atoms with Gasteiger partial charge >= 0.3 is 0 Å². The van der Waals surface area contributed by atoms with Crippen LogP contribution in [-0.2, 0) is 16.8 Å². The third kappa shape index (κ3) is 3.65. The molecule has 0 saturated carbocycles. The van der Waals surface area contributed by atoms with Gasteiger partial charge in [-0.2, -0.15) is 0 Å². The van der Waals surface area contributed by atoms with Gasteiger partial charge in [-0.25, -0.2) is 0 Å². The second-order valence-electron chi connectivity index (χ2n) is 5.93. The van der Waals surface area contributed by atoms with Crippen molar-refractivity contribution in [3.63, 3.8) is 0 Å². The highest BCUT2D eigenvalue weighted by molar-refractivity contribution is 7.11. The molecule has 5 heteroatoms. The Morgan fingerprint density at radius 3 is 2.41 bits per heavy atom. The number of amides is 1. The quantitative estimate of drug-likeness (QED) is 0.728. The Bertz CT molecular complexity index is 694. The predicted octanol–water partition coefficient (Wildman–Crippen LogP) is 5.30. The van der Waals surface area contributed by atoms with Crippen LogP contribution in [0.3, 0.4) is 0 Å². The number of hydrogen-bond donors (Lipinski definition) is 0. The van der Waals surface area contributed by atoms with E-state index < -0.39 is 5.41 Å². The number of aryl methyl sites for hydroxylation is 1. The van der Waals surface area contributed by atoms with Gasteiger partial charge in [-0.15, -0.1) is 11.3 Å². The first-order valence-electron chi connectivity index (χ1n) is 6.98. The third-order valence-corrected chi connectivity index (χ3v) is 5.44. The van der Waals surface area contributed by atoms with E-state index in [0.717, 1.165) is 5.56 Å². The predicted molar refractivity (Wildman–Crippen MR) is 95.0 cm³/mol. The van der Waals surface area contributed by atoms with E-state index in [4.69, 9.17) is 23.2 Å². The molecule has 0 N–H and O–H groups in total. The minimum atomic E-state index is -0.657. The van der Waals surface area contributed by atoms with Crippen LogP contribution in [0.25, 0.3) is 0 Å². The van der Waals surface area contributed by atoms with Crippen LogP contribution in [0.4, 0.5) is 0 Å². The van der Waals surface area contributed by atoms with E-state index in [9.17, 15) is 4.79 Å². The smallest absolute Gasteiger partial charge is 0.232 e. The van der Waals surface area contributed by atoms with Gasteiger partial charge in [0.1, 0.15) is 0 Å². The molecule has 2 aromatic rings. The Balaban J connectivity index is 2.19. The molecule has 0 aliphatic rings. The van der Waals surface area contributed by atoms with Crippen LogP contribution in [0.15, 0.2) is 30.3 Å². The number of thiophene rings is 1. The van der Waals surface area contributed by atoms with Gasteiger partial charge in [0.2, 0.25) is 5.91 Å². The molecular weight excluding hydrogens is 337 g/mol. The van der Waals surface area contributed by atoms with Crippen LogP contribution in [-0.4, -0.2) is 17.9 Å². The number of carbonyl (C=O) groups is 1. The van der Waals surface area contributed by atoms with Crippen molar-refractivity contribution in [1.29, 1.82) is 0 Å². The molecule has 2 rings (SSSR count). The van der Waals surface area contributed by atoms with E-state index in [2.05, 4.69) is 19.1 Å². The maximum absolute atomic E-state index is 12.8.